The van der Waals surface area contributed by atoms with Crippen LogP contribution in [0.1, 0.15) is 17.3 Å². The molecule has 6 heteroatoms. The van der Waals surface area contributed by atoms with Gasteiger partial charge in [-0.1, -0.05) is 35.5 Å². The van der Waals surface area contributed by atoms with Gasteiger partial charge >= 0.3 is 0 Å². The third kappa shape index (κ3) is 3.39. The molecule has 0 spiro atoms. The molecule has 0 aliphatic rings. The van der Waals surface area contributed by atoms with E-state index in [-0.39, 0.29) is 5.91 Å². The summed E-state index contributed by atoms with van der Waals surface area (Å²) in [6.45, 7) is 0.364. The highest BCUT2D eigenvalue weighted by molar-refractivity contribution is 5.86. The van der Waals surface area contributed by atoms with Gasteiger partial charge < -0.3 is 9.84 Å². The molecular formula is C13H12N4O2. The molecule has 1 heterocycles. The number of nitrogens with zero attached hydrogens (tertiary/aromatic N) is 3. The Kier molecular flexibility index (Phi) is 4.24. The topological polar surface area (TPSA) is 91.8 Å². The van der Waals surface area contributed by atoms with Crippen LogP contribution in [0.4, 0.5) is 0 Å². The van der Waals surface area contributed by atoms with E-state index < -0.39 is 5.92 Å². The largest absolute Gasteiger partial charge is 0.354 e. The van der Waals surface area contributed by atoms with Crippen LogP contribution in [0.15, 0.2) is 41.2 Å². The van der Waals surface area contributed by atoms with Gasteiger partial charge in [0.15, 0.2) is 5.82 Å². The molecule has 1 N–H and O–H groups in total. The molecule has 96 valence electrons. The van der Waals surface area contributed by atoms with Gasteiger partial charge in [0.1, 0.15) is 5.92 Å². The zero-order valence-corrected chi connectivity index (χ0v) is 10.1. The monoisotopic (exact) mass is 256 g/mol. The minimum atomic E-state index is -0.800. The molecule has 2 rings (SSSR count). The summed E-state index contributed by atoms with van der Waals surface area (Å²) in [6, 6.07) is 10.9. The predicted molar refractivity (Wildman–Crippen MR) is 65.8 cm³/mol. The molecule has 0 fully saturated rings. The van der Waals surface area contributed by atoms with E-state index in [0.717, 1.165) is 0 Å². The Balaban J connectivity index is 1.89. The molecule has 1 amide bonds. The summed E-state index contributed by atoms with van der Waals surface area (Å²) < 4.78 is 4.58. The number of amides is 1. The molecule has 1 atom stereocenters. The quantitative estimate of drug-likeness (QED) is 0.862. The molecule has 0 radical (unpaired) electrons. The van der Waals surface area contributed by atoms with Crippen molar-refractivity contribution in [2.24, 2.45) is 0 Å². The fraction of sp³-hybridized carbons (Fsp3) is 0.231. The number of carbonyl (C=O) groups excluding carboxylic acids is 1. The van der Waals surface area contributed by atoms with Crippen molar-refractivity contribution in [2.45, 2.75) is 12.3 Å². The van der Waals surface area contributed by atoms with E-state index in [4.69, 9.17) is 5.26 Å². The Morgan fingerprint density at radius 2 is 2.21 bits per heavy atom. The number of hydrogen-bond acceptors (Lipinski definition) is 5. The van der Waals surface area contributed by atoms with Crippen LogP contribution in [0.2, 0.25) is 0 Å². The van der Waals surface area contributed by atoms with Gasteiger partial charge in [0.25, 0.3) is 0 Å². The molecule has 0 saturated carbocycles. The van der Waals surface area contributed by atoms with Crippen molar-refractivity contribution < 1.29 is 9.32 Å². The minimum Gasteiger partial charge on any atom is -0.354 e. The summed E-state index contributed by atoms with van der Waals surface area (Å²) in [4.78, 5) is 15.7. The lowest BCUT2D eigenvalue weighted by Gasteiger charge is -2.09. The maximum Gasteiger partial charge on any atom is 0.241 e. The average Bonchev–Trinajstić information content (AvgIpc) is 2.94. The normalized spacial score (nSPS) is 11.5. The Morgan fingerprint density at radius 3 is 2.84 bits per heavy atom. The molecule has 1 aromatic carbocycles. The van der Waals surface area contributed by atoms with Gasteiger partial charge in [-0.2, -0.15) is 10.2 Å². The van der Waals surface area contributed by atoms with Crippen LogP contribution in [0.5, 0.6) is 0 Å². The summed E-state index contributed by atoms with van der Waals surface area (Å²) in [7, 11) is 0. The van der Waals surface area contributed by atoms with Crippen molar-refractivity contribution in [1.29, 1.82) is 5.26 Å². The molecule has 0 saturated heterocycles. The standard InChI is InChI=1S/C13H12N4O2/c14-8-11(10-4-2-1-3-5-10)13(18)15-7-6-12-16-9-19-17-12/h1-5,9,11H,6-7H2,(H,15,18). The van der Waals surface area contributed by atoms with Crippen molar-refractivity contribution in [3.63, 3.8) is 0 Å². The first-order valence-electron chi connectivity index (χ1n) is 5.79. The van der Waals surface area contributed by atoms with E-state index in [1.807, 2.05) is 12.1 Å². The molecule has 19 heavy (non-hydrogen) atoms. The van der Waals surface area contributed by atoms with Crippen molar-refractivity contribution in [3.8, 4) is 6.07 Å². The van der Waals surface area contributed by atoms with E-state index in [1.54, 1.807) is 24.3 Å². The summed E-state index contributed by atoms with van der Waals surface area (Å²) in [5.74, 6) is -0.600. The third-order valence-corrected chi connectivity index (χ3v) is 2.58. The highest BCUT2D eigenvalue weighted by atomic mass is 16.5. The second-order valence-electron chi connectivity index (χ2n) is 3.86. The lowest BCUT2D eigenvalue weighted by molar-refractivity contribution is -0.121. The summed E-state index contributed by atoms with van der Waals surface area (Å²) in [5.41, 5.74) is 0.682. The van der Waals surface area contributed by atoms with Crippen molar-refractivity contribution in [1.82, 2.24) is 15.5 Å². The van der Waals surface area contributed by atoms with Gasteiger partial charge in [0, 0.05) is 13.0 Å². The van der Waals surface area contributed by atoms with Crippen molar-refractivity contribution in [3.05, 3.63) is 48.1 Å². The summed E-state index contributed by atoms with van der Waals surface area (Å²) in [6.07, 6.45) is 1.70. The van der Waals surface area contributed by atoms with Gasteiger partial charge in [0.05, 0.1) is 6.07 Å². The first kappa shape index (κ1) is 12.8. The maximum atomic E-state index is 11.9. The Morgan fingerprint density at radius 1 is 1.42 bits per heavy atom. The van der Waals surface area contributed by atoms with Crippen LogP contribution < -0.4 is 5.32 Å². The fourth-order valence-electron chi connectivity index (χ4n) is 1.63. The Hall–Kier alpha value is -2.68. The number of rotatable bonds is 5. The van der Waals surface area contributed by atoms with Crippen molar-refractivity contribution >= 4 is 5.91 Å². The molecular weight excluding hydrogens is 244 g/mol. The third-order valence-electron chi connectivity index (χ3n) is 2.58. The second kappa shape index (κ2) is 6.31. The van der Waals surface area contributed by atoms with Crippen molar-refractivity contribution in [2.75, 3.05) is 6.54 Å². The molecule has 1 unspecified atom stereocenters. The van der Waals surface area contributed by atoms with Gasteiger partial charge in [0.2, 0.25) is 12.3 Å². The highest BCUT2D eigenvalue weighted by Gasteiger charge is 2.19. The number of nitriles is 1. The van der Waals surface area contributed by atoms with E-state index >= 15 is 0 Å². The smallest absolute Gasteiger partial charge is 0.241 e. The van der Waals surface area contributed by atoms with Crippen LogP contribution in [0.3, 0.4) is 0 Å². The number of benzene rings is 1. The minimum absolute atomic E-state index is 0.322. The number of carbonyl (C=O) groups is 1. The van der Waals surface area contributed by atoms with Crippen LogP contribution in [0.25, 0.3) is 0 Å². The average molecular weight is 256 g/mol. The molecule has 0 bridgehead atoms. The predicted octanol–water partition coefficient (Wildman–Crippen LogP) is 1.04. The molecule has 6 nitrogen and oxygen atoms in total. The second-order valence-corrected chi connectivity index (χ2v) is 3.86. The lowest BCUT2D eigenvalue weighted by Crippen LogP contribution is -2.30. The zero-order chi connectivity index (χ0) is 13.5. The first-order chi connectivity index (χ1) is 9.31. The van der Waals surface area contributed by atoms with Gasteiger partial charge in [-0.05, 0) is 5.56 Å². The molecule has 2 aromatic rings. The molecule has 1 aromatic heterocycles. The highest BCUT2D eigenvalue weighted by Crippen LogP contribution is 2.14. The SMILES string of the molecule is N#CC(C(=O)NCCc1ncon1)c1ccccc1. The van der Waals surface area contributed by atoms with E-state index in [0.29, 0.717) is 24.4 Å². The van der Waals surface area contributed by atoms with Crippen LogP contribution in [0, 0.1) is 11.3 Å². The summed E-state index contributed by atoms with van der Waals surface area (Å²) in [5, 5.41) is 15.4. The van der Waals surface area contributed by atoms with Crippen LogP contribution in [-0.2, 0) is 11.2 Å². The lowest BCUT2D eigenvalue weighted by atomic mass is 10.00. The first-order valence-corrected chi connectivity index (χ1v) is 5.79. The van der Waals surface area contributed by atoms with E-state index in [9.17, 15) is 4.79 Å². The van der Waals surface area contributed by atoms with Crippen LogP contribution in [-0.4, -0.2) is 22.6 Å². The number of nitrogens with one attached hydrogen (secondary N) is 1. The van der Waals surface area contributed by atoms with Crippen LogP contribution >= 0.6 is 0 Å². The van der Waals surface area contributed by atoms with E-state index in [1.165, 1.54) is 6.39 Å². The van der Waals surface area contributed by atoms with Gasteiger partial charge in [-0.25, -0.2) is 0 Å². The Labute approximate surface area is 110 Å². The number of aromatic nitrogens is 2. The molecule has 0 aliphatic heterocycles. The van der Waals surface area contributed by atoms with Gasteiger partial charge in [-0.15, -0.1) is 0 Å². The number of hydrogen-bond donors (Lipinski definition) is 1. The summed E-state index contributed by atoms with van der Waals surface area (Å²) >= 11 is 0. The maximum absolute atomic E-state index is 11.9. The van der Waals surface area contributed by atoms with Gasteiger partial charge in [-0.3, -0.25) is 4.79 Å². The Bertz CT molecular complexity index is 560. The van der Waals surface area contributed by atoms with E-state index in [2.05, 4.69) is 20.0 Å². The zero-order valence-electron chi connectivity index (χ0n) is 10.1. The molecule has 0 aliphatic carbocycles. The fourth-order valence-corrected chi connectivity index (χ4v) is 1.63.